The fourth-order valence-electron chi connectivity index (χ4n) is 1.80. The minimum Gasteiger partial charge on any atom is -0.851 e. The van der Waals surface area contributed by atoms with E-state index in [2.05, 4.69) is 21.1 Å². The van der Waals surface area contributed by atoms with Gasteiger partial charge in [-0.3, -0.25) is 0 Å². The van der Waals surface area contributed by atoms with E-state index in [9.17, 15) is 48.3 Å². The zero-order chi connectivity index (χ0) is 25.4. The summed E-state index contributed by atoms with van der Waals surface area (Å²) in [7, 11) is -6.60. The van der Waals surface area contributed by atoms with Crippen LogP contribution in [0.4, 0.5) is 26.3 Å². The van der Waals surface area contributed by atoms with Gasteiger partial charge in [-0.25, -0.2) is 16.8 Å². The van der Waals surface area contributed by atoms with Crippen LogP contribution in [-0.2, 0) is 26.7 Å². The zero-order valence-corrected chi connectivity index (χ0v) is 19.0. The highest BCUT2D eigenvalue weighted by molar-refractivity contribution is 8.05. The molecule has 1 rings (SSSR count). The average molecular weight is 518 g/mol. The smallest absolute Gasteiger partial charge is 0.512 e. The highest BCUT2D eigenvalue weighted by Crippen LogP contribution is 2.27. The van der Waals surface area contributed by atoms with Gasteiger partial charge in [0, 0.05) is 0 Å². The van der Waals surface area contributed by atoms with Crippen LogP contribution < -0.4 is 14.0 Å². The minimum absolute atomic E-state index is 0.163. The van der Waals surface area contributed by atoms with Crippen molar-refractivity contribution >= 4 is 20.0 Å². The van der Waals surface area contributed by atoms with Crippen molar-refractivity contribution in [1.29, 1.82) is 0 Å². The first kappa shape index (κ1) is 30.4. The van der Waals surface area contributed by atoms with Crippen molar-refractivity contribution < 1.29 is 57.5 Å². The topological polar surface area (TPSA) is 113 Å². The average Bonchev–Trinajstić information content (AvgIpc) is 2.59. The number of rotatable bonds is 9. The molecule has 0 atom stereocenters. The molecule has 16 heteroatoms. The number of nitrogens with zero attached hydrogens (tertiary/aromatic N) is 1. The molecule has 0 unspecified atom stereocenters. The number of unbranched alkanes of at least 4 members (excludes halogenated alkanes) is 1. The molecular weight excluding hydrogens is 494 g/mol. The van der Waals surface area contributed by atoms with E-state index in [4.69, 9.17) is 4.74 Å². The van der Waals surface area contributed by atoms with Crippen LogP contribution >= 0.6 is 0 Å². The molecule has 0 heterocycles. The molecule has 0 saturated carbocycles. The van der Waals surface area contributed by atoms with Crippen LogP contribution in [0.5, 0.6) is 5.75 Å². The summed E-state index contributed by atoms with van der Waals surface area (Å²) in [6.45, 7) is 1.75. The van der Waals surface area contributed by atoms with E-state index >= 15 is 0 Å². The first-order valence-corrected chi connectivity index (χ1v) is 11.7. The summed E-state index contributed by atoms with van der Waals surface area (Å²) in [4.78, 5) is 0. The van der Waals surface area contributed by atoms with Gasteiger partial charge >= 0.3 is 31.1 Å². The number of nitrogens with one attached hydrogen (secondary N) is 1. The minimum atomic E-state index is -6.60. The molecule has 0 fully saturated rings. The van der Waals surface area contributed by atoms with E-state index < -0.39 is 35.2 Å². The number of hydrogen-bond acceptors (Lipinski definition) is 6. The second-order valence-electron chi connectivity index (χ2n) is 7.34. The first-order chi connectivity index (χ1) is 14.2. The van der Waals surface area contributed by atoms with Crippen molar-refractivity contribution in [2.75, 3.05) is 34.3 Å². The summed E-state index contributed by atoms with van der Waals surface area (Å²) in [6, 6.07) is 7.39. The van der Waals surface area contributed by atoms with Crippen molar-refractivity contribution in [1.82, 2.24) is 4.13 Å². The zero-order valence-electron chi connectivity index (χ0n) is 17.3. The third kappa shape index (κ3) is 11.3. The molecule has 0 radical (unpaired) electrons. The fraction of sp³-hybridized carbons (Fsp3) is 0.625. The molecule has 1 N–H and O–H groups in total. The van der Waals surface area contributed by atoms with E-state index in [-0.39, 0.29) is 6.61 Å². The van der Waals surface area contributed by atoms with Gasteiger partial charge in [-0.15, -0.1) is 6.61 Å². The largest absolute Gasteiger partial charge is 0.851 e. The molecule has 0 aliphatic rings. The van der Waals surface area contributed by atoms with Crippen LogP contribution in [-0.4, -0.2) is 66.6 Å². The summed E-state index contributed by atoms with van der Waals surface area (Å²) in [5, 5.41) is 10.6. The first-order valence-electron chi connectivity index (χ1n) is 8.73. The molecule has 0 aliphatic heterocycles. The molecule has 0 aliphatic carbocycles. The van der Waals surface area contributed by atoms with Gasteiger partial charge in [-0.05, 0) is 25.0 Å². The molecule has 188 valence electrons. The van der Waals surface area contributed by atoms with Crippen molar-refractivity contribution in [3.63, 3.8) is 0 Å². The van der Waals surface area contributed by atoms with E-state index in [1.807, 2.05) is 24.3 Å². The predicted molar refractivity (Wildman–Crippen MR) is 101 cm³/mol. The lowest BCUT2D eigenvalue weighted by molar-refractivity contribution is -0.870. The fourth-order valence-corrected chi connectivity index (χ4v) is 3.71. The Kier molecular flexibility index (Phi) is 10.9. The van der Waals surface area contributed by atoms with Crippen molar-refractivity contribution in [2.45, 2.75) is 30.5 Å². The van der Waals surface area contributed by atoms with Crippen LogP contribution in [0.3, 0.4) is 0 Å². The Bertz CT molecular complexity index is 866. The van der Waals surface area contributed by atoms with Crippen molar-refractivity contribution in [3.8, 4) is 5.75 Å². The van der Waals surface area contributed by atoms with Crippen molar-refractivity contribution in [3.05, 3.63) is 29.8 Å². The SMILES string of the molecule is C[N+](C)(C)CCCCOc1ccc(C[O-])cc1.O=S(=O)(NS(=O)(=O)C(F)(F)F)C(F)(F)F. The van der Waals surface area contributed by atoms with Gasteiger partial charge in [0.05, 0.1) is 34.3 Å². The van der Waals surface area contributed by atoms with Crippen molar-refractivity contribution in [2.24, 2.45) is 0 Å². The Morgan fingerprint density at radius 2 is 1.31 bits per heavy atom. The number of benzene rings is 1. The number of ether oxygens (including phenoxy) is 1. The van der Waals surface area contributed by atoms with Gasteiger partial charge in [0.15, 0.2) is 0 Å². The van der Waals surface area contributed by atoms with E-state index in [0.717, 1.165) is 28.8 Å². The van der Waals surface area contributed by atoms with E-state index in [0.29, 0.717) is 0 Å². The second-order valence-corrected chi connectivity index (χ2v) is 10.9. The molecule has 1 aromatic rings. The number of hydrogen-bond donors (Lipinski definition) is 1. The Morgan fingerprint density at radius 3 is 1.66 bits per heavy atom. The highest BCUT2D eigenvalue weighted by atomic mass is 32.3. The Hall–Kier alpha value is -1.62. The van der Waals surface area contributed by atoms with E-state index in [1.54, 1.807) is 0 Å². The lowest BCUT2D eigenvalue weighted by Crippen LogP contribution is -2.45. The summed E-state index contributed by atoms with van der Waals surface area (Å²) in [5.41, 5.74) is -11.5. The summed E-state index contributed by atoms with van der Waals surface area (Å²) in [6.07, 6.45) is 2.24. The van der Waals surface area contributed by atoms with Crippen LogP contribution in [0, 0.1) is 0 Å². The van der Waals surface area contributed by atoms with Crippen LogP contribution in [0.2, 0.25) is 0 Å². The molecule has 0 amide bonds. The Morgan fingerprint density at radius 1 is 0.875 bits per heavy atom. The monoisotopic (exact) mass is 518 g/mol. The Balaban J connectivity index is 0.000000607. The lowest BCUT2D eigenvalue weighted by atomic mass is 10.2. The summed E-state index contributed by atoms with van der Waals surface area (Å²) < 4.78 is 115. The number of sulfonamides is 2. The molecule has 32 heavy (non-hydrogen) atoms. The van der Waals surface area contributed by atoms with Gasteiger partial charge < -0.3 is 14.3 Å². The quantitative estimate of drug-likeness (QED) is 0.303. The van der Waals surface area contributed by atoms with Crippen LogP contribution in [0.1, 0.15) is 18.4 Å². The van der Waals surface area contributed by atoms with Gasteiger partial charge in [0.1, 0.15) is 5.75 Å². The standard InChI is InChI=1S/C14H23NO2.C2HF6NO4S2/c1-15(2,3)10-4-5-11-17-14-8-6-13(12-16)7-9-14;3-1(4,5)14(10,11)9-15(12,13)2(6,7)8/h6-9H,4-5,10-12H2,1-3H3;9H. The van der Waals surface area contributed by atoms with Crippen LogP contribution in [0.25, 0.3) is 0 Å². The maximum atomic E-state index is 11.5. The maximum absolute atomic E-state index is 11.5. The molecule has 1 aromatic carbocycles. The molecule has 0 aromatic heterocycles. The van der Waals surface area contributed by atoms with Gasteiger partial charge in [0.25, 0.3) is 0 Å². The summed E-state index contributed by atoms with van der Waals surface area (Å²) >= 11 is 0. The number of quaternary nitrogens is 1. The third-order valence-corrected chi connectivity index (χ3v) is 6.39. The summed E-state index contributed by atoms with van der Waals surface area (Å²) in [5.74, 6) is 0.854. The lowest BCUT2D eigenvalue weighted by Gasteiger charge is -2.23. The number of halogens is 6. The van der Waals surface area contributed by atoms with Gasteiger partial charge in [-0.1, -0.05) is 21.8 Å². The Labute approximate surface area is 182 Å². The molecule has 0 saturated heterocycles. The van der Waals surface area contributed by atoms with Gasteiger partial charge in [0.2, 0.25) is 0 Å². The highest BCUT2D eigenvalue weighted by Gasteiger charge is 2.55. The predicted octanol–water partition coefficient (Wildman–Crippen LogP) is 1.69. The normalized spacial score (nSPS) is 13.3. The molecule has 8 nitrogen and oxygen atoms in total. The third-order valence-electron chi connectivity index (χ3n) is 3.41. The van der Waals surface area contributed by atoms with Crippen LogP contribution in [0.15, 0.2) is 24.3 Å². The second kappa shape index (κ2) is 11.5. The van der Waals surface area contributed by atoms with Gasteiger partial charge in [-0.2, -0.15) is 26.3 Å². The molecule has 0 bridgehead atoms. The molecular formula is C16H24F6N2O6S2. The number of alkyl halides is 6. The molecule has 0 spiro atoms. The van der Waals surface area contributed by atoms with E-state index in [1.165, 1.54) is 13.0 Å². The maximum Gasteiger partial charge on any atom is 0.512 e.